The van der Waals surface area contributed by atoms with Gasteiger partial charge in [0.15, 0.2) is 5.82 Å². The van der Waals surface area contributed by atoms with Crippen molar-refractivity contribution in [3.63, 3.8) is 0 Å². The highest BCUT2D eigenvalue weighted by Crippen LogP contribution is 2.32. The van der Waals surface area contributed by atoms with Crippen LogP contribution in [0.2, 0.25) is 0 Å². The highest BCUT2D eigenvalue weighted by atomic mass is 19.1. The predicted molar refractivity (Wildman–Crippen MR) is 77.8 cm³/mol. The number of carboxylic acids is 1. The van der Waals surface area contributed by atoms with Crippen LogP contribution in [-0.2, 0) is 9.59 Å². The zero-order chi connectivity index (χ0) is 15.7. The first-order valence-corrected chi connectivity index (χ1v) is 7.23. The van der Waals surface area contributed by atoms with Crippen LogP contribution in [0.4, 0.5) is 10.2 Å². The van der Waals surface area contributed by atoms with E-state index in [4.69, 9.17) is 0 Å². The topological polar surface area (TPSA) is 95.1 Å². The molecule has 0 spiro atoms. The van der Waals surface area contributed by atoms with Gasteiger partial charge < -0.3 is 10.4 Å². The molecular formula is C15H16FN3O3. The van der Waals surface area contributed by atoms with Gasteiger partial charge in [-0.25, -0.2) is 4.39 Å². The molecule has 1 amide bonds. The van der Waals surface area contributed by atoms with Gasteiger partial charge >= 0.3 is 5.97 Å². The number of carbonyl (C=O) groups excluding carboxylic acids is 1. The number of hydrogen-bond acceptors (Lipinski definition) is 3. The van der Waals surface area contributed by atoms with Gasteiger partial charge in [-0.05, 0) is 37.0 Å². The van der Waals surface area contributed by atoms with Crippen molar-refractivity contribution in [3.8, 4) is 0 Å². The molecule has 2 aromatic rings. The molecule has 3 rings (SSSR count). The molecule has 0 bridgehead atoms. The lowest BCUT2D eigenvalue weighted by Crippen LogP contribution is -2.34. The number of fused-ring (bicyclic) bond motifs is 1. The summed E-state index contributed by atoms with van der Waals surface area (Å²) in [5, 5.41) is 19.0. The Labute approximate surface area is 125 Å². The molecule has 1 aromatic heterocycles. The number of aromatic amines is 1. The van der Waals surface area contributed by atoms with Crippen LogP contribution in [-0.4, -0.2) is 27.2 Å². The van der Waals surface area contributed by atoms with Crippen molar-refractivity contribution < 1.29 is 19.1 Å². The Bertz CT molecular complexity index is 722. The summed E-state index contributed by atoms with van der Waals surface area (Å²) in [5.74, 6) is -3.09. The van der Waals surface area contributed by atoms with Gasteiger partial charge in [0.1, 0.15) is 11.7 Å². The maximum atomic E-state index is 13.1. The molecule has 1 aromatic carbocycles. The minimum atomic E-state index is -1.12. The Morgan fingerprint density at radius 3 is 2.77 bits per heavy atom. The van der Waals surface area contributed by atoms with E-state index >= 15 is 0 Å². The summed E-state index contributed by atoms with van der Waals surface area (Å²) in [6, 6.07) is 4.03. The molecule has 0 aliphatic heterocycles. The Balaban J connectivity index is 1.83. The number of benzene rings is 1. The van der Waals surface area contributed by atoms with E-state index in [-0.39, 0.29) is 11.7 Å². The average Bonchev–Trinajstić information content (AvgIpc) is 3.09. The average molecular weight is 305 g/mol. The summed E-state index contributed by atoms with van der Waals surface area (Å²) in [7, 11) is 0. The van der Waals surface area contributed by atoms with Crippen molar-refractivity contribution in [3.05, 3.63) is 24.0 Å². The number of amides is 1. The van der Waals surface area contributed by atoms with Crippen molar-refractivity contribution in [2.45, 2.75) is 25.7 Å². The van der Waals surface area contributed by atoms with Gasteiger partial charge in [-0.2, -0.15) is 5.10 Å². The maximum Gasteiger partial charge on any atom is 0.316 e. The van der Waals surface area contributed by atoms with E-state index in [9.17, 15) is 19.1 Å². The summed E-state index contributed by atoms with van der Waals surface area (Å²) in [4.78, 5) is 23.8. The second kappa shape index (κ2) is 5.75. The molecule has 6 nitrogen and oxygen atoms in total. The molecule has 1 heterocycles. The summed E-state index contributed by atoms with van der Waals surface area (Å²) < 4.78 is 13.1. The monoisotopic (exact) mass is 305 g/mol. The number of H-pyrrole nitrogens is 1. The second-order valence-electron chi connectivity index (χ2n) is 5.61. The summed E-state index contributed by atoms with van der Waals surface area (Å²) >= 11 is 0. The number of anilines is 1. The lowest BCUT2D eigenvalue weighted by molar-refractivity contribution is -0.147. The zero-order valence-corrected chi connectivity index (χ0v) is 11.8. The Kier molecular flexibility index (Phi) is 3.79. The number of carboxylic acid groups (broad SMARTS) is 1. The Morgan fingerprint density at radius 2 is 2.09 bits per heavy atom. The standard InChI is InChI=1S/C15H16FN3O3/c16-9-5-6-10-11(7-9)18-19-13(10)17-14(20)12(15(21)22)8-3-1-2-4-8/h5-8,12H,1-4H2,(H,21,22)(H2,17,18,19,20). The second-order valence-corrected chi connectivity index (χ2v) is 5.61. The first-order chi connectivity index (χ1) is 10.6. The van der Waals surface area contributed by atoms with E-state index in [1.165, 1.54) is 18.2 Å². The minimum absolute atomic E-state index is 0.139. The molecule has 1 fully saturated rings. The smallest absolute Gasteiger partial charge is 0.316 e. The quantitative estimate of drug-likeness (QED) is 0.756. The van der Waals surface area contributed by atoms with Crippen LogP contribution in [0.25, 0.3) is 10.9 Å². The fourth-order valence-corrected chi connectivity index (χ4v) is 3.10. The number of aliphatic carboxylic acids is 1. The third-order valence-electron chi connectivity index (χ3n) is 4.19. The van der Waals surface area contributed by atoms with Crippen LogP contribution in [0.15, 0.2) is 18.2 Å². The number of aromatic nitrogens is 2. The number of rotatable bonds is 4. The van der Waals surface area contributed by atoms with Crippen LogP contribution in [0.3, 0.4) is 0 Å². The number of hydrogen-bond donors (Lipinski definition) is 3. The van der Waals surface area contributed by atoms with Crippen LogP contribution in [0.1, 0.15) is 25.7 Å². The number of nitrogens with one attached hydrogen (secondary N) is 2. The molecule has 1 saturated carbocycles. The molecule has 1 aliphatic carbocycles. The summed E-state index contributed by atoms with van der Waals surface area (Å²) in [6.45, 7) is 0. The first-order valence-electron chi connectivity index (χ1n) is 7.23. The third-order valence-corrected chi connectivity index (χ3v) is 4.19. The van der Waals surface area contributed by atoms with Gasteiger partial charge in [0.05, 0.1) is 5.52 Å². The normalized spacial score (nSPS) is 16.8. The summed E-state index contributed by atoms with van der Waals surface area (Å²) in [5.41, 5.74) is 0.447. The molecule has 0 saturated heterocycles. The van der Waals surface area contributed by atoms with Crippen LogP contribution >= 0.6 is 0 Å². The van der Waals surface area contributed by atoms with Crippen LogP contribution in [0, 0.1) is 17.7 Å². The Hall–Kier alpha value is -2.44. The van der Waals surface area contributed by atoms with Crippen molar-refractivity contribution in [2.75, 3.05) is 5.32 Å². The van der Waals surface area contributed by atoms with Gasteiger partial charge in [-0.1, -0.05) is 12.8 Å². The van der Waals surface area contributed by atoms with E-state index < -0.39 is 23.6 Å². The van der Waals surface area contributed by atoms with Gasteiger partial charge in [0.25, 0.3) is 0 Å². The highest BCUT2D eigenvalue weighted by Gasteiger charge is 2.36. The van der Waals surface area contributed by atoms with Crippen molar-refractivity contribution in [2.24, 2.45) is 11.8 Å². The van der Waals surface area contributed by atoms with Gasteiger partial charge in [-0.3, -0.25) is 14.7 Å². The number of nitrogens with zero attached hydrogens (tertiary/aromatic N) is 1. The molecule has 1 atom stereocenters. The highest BCUT2D eigenvalue weighted by molar-refractivity contribution is 6.07. The summed E-state index contributed by atoms with van der Waals surface area (Å²) in [6.07, 6.45) is 3.40. The molecule has 116 valence electrons. The van der Waals surface area contributed by atoms with Crippen LogP contribution in [0.5, 0.6) is 0 Å². The molecule has 0 radical (unpaired) electrons. The van der Waals surface area contributed by atoms with Crippen molar-refractivity contribution in [1.29, 1.82) is 0 Å². The Morgan fingerprint density at radius 1 is 1.36 bits per heavy atom. The van der Waals surface area contributed by atoms with E-state index in [1.807, 2.05) is 0 Å². The predicted octanol–water partition coefficient (Wildman–Crippen LogP) is 2.53. The number of halogens is 1. The van der Waals surface area contributed by atoms with Crippen molar-refractivity contribution in [1.82, 2.24) is 10.2 Å². The van der Waals surface area contributed by atoms with Gasteiger partial charge in [0.2, 0.25) is 5.91 Å². The maximum absolute atomic E-state index is 13.1. The number of carbonyl (C=O) groups is 2. The molecule has 3 N–H and O–H groups in total. The van der Waals surface area contributed by atoms with Crippen LogP contribution < -0.4 is 5.32 Å². The molecule has 1 aliphatic rings. The van der Waals surface area contributed by atoms with Gasteiger partial charge in [0, 0.05) is 5.39 Å². The van der Waals surface area contributed by atoms with E-state index in [0.717, 1.165) is 25.7 Å². The fourth-order valence-electron chi connectivity index (χ4n) is 3.10. The van der Waals surface area contributed by atoms with E-state index in [1.54, 1.807) is 0 Å². The van der Waals surface area contributed by atoms with E-state index in [2.05, 4.69) is 15.5 Å². The minimum Gasteiger partial charge on any atom is -0.481 e. The zero-order valence-electron chi connectivity index (χ0n) is 11.8. The lowest BCUT2D eigenvalue weighted by Gasteiger charge is -2.17. The molecule has 22 heavy (non-hydrogen) atoms. The lowest BCUT2D eigenvalue weighted by atomic mass is 9.90. The van der Waals surface area contributed by atoms with E-state index in [0.29, 0.717) is 10.9 Å². The molecule has 1 unspecified atom stereocenters. The largest absolute Gasteiger partial charge is 0.481 e. The van der Waals surface area contributed by atoms with Gasteiger partial charge in [-0.15, -0.1) is 0 Å². The SMILES string of the molecule is O=C(O)C(C(=O)Nc1n[nH]c2cc(F)ccc12)C1CCCC1. The molecule has 7 heteroatoms. The van der Waals surface area contributed by atoms with Crippen molar-refractivity contribution >= 4 is 28.6 Å². The third kappa shape index (κ3) is 2.66. The molecular weight excluding hydrogens is 289 g/mol. The first kappa shape index (κ1) is 14.5. The fraction of sp³-hybridized carbons (Fsp3) is 0.400.